The van der Waals surface area contributed by atoms with Crippen molar-refractivity contribution in [3.63, 3.8) is 0 Å². The zero-order valence-corrected chi connectivity index (χ0v) is 29.1. The van der Waals surface area contributed by atoms with E-state index >= 15 is 0 Å². The van der Waals surface area contributed by atoms with Gasteiger partial charge in [-0.25, -0.2) is 9.97 Å². The summed E-state index contributed by atoms with van der Waals surface area (Å²) < 4.78 is 51.4. The quantitative estimate of drug-likeness (QED) is 0.343. The van der Waals surface area contributed by atoms with Gasteiger partial charge < -0.3 is 30.1 Å². The summed E-state index contributed by atoms with van der Waals surface area (Å²) in [4.78, 5) is 29.2. The van der Waals surface area contributed by atoms with Gasteiger partial charge in [-0.2, -0.15) is 33.4 Å². The molecule has 50 heavy (non-hydrogen) atoms. The van der Waals surface area contributed by atoms with E-state index in [9.17, 15) is 23.5 Å². The third-order valence-electron chi connectivity index (χ3n) is 10.6. The highest BCUT2D eigenvalue weighted by Crippen LogP contribution is 2.58. The van der Waals surface area contributed by atoms with Crippen molar-refractivity contribution < 1.29 is 27.8 Å². The van der Waals surface area contributed by atoms with Gasteiger partial charge in [0.15, 0.2) is 5.69 Å². The summed E-state index contributed by atoms with van der Waals surface area (Å²) in [7, 11) is 0. The van der Waals surface area contributed by atoms with Gasteiger partial charge in [0.25, 0.3) is 0 Å². The van der Waals surface area contributed by atoms with E-state index in [-0.39, 0.29) is 34.8 Å². The van der Waals surface area contributed by atoms with Crippen molar-refractivity contribution in [2.24, 2.45) is 0 Å². The Balaban J connectivity index is 0.998. The fourth-order valence-electron chi connectivity index (χ4n) is 8.25. The summed E-state index contributed by atoms with van der Waals surface area (Å²) in [6, 6.07) is 3.33. The standard InChI is InChI=1S/C32H37F3N10O3S2/c1-29(46)5-2-8-43(14-29)26-40-27(44-15-31(16-44)24-20(11-36)25(37)50-21(24)13-49-31)42-28(41-26)48-17-30-6-3-9-45(30)19(4-7-30)12-47-23-10-22(32(33,34)35)38-18-39-23/h10,18-19,46H,2-9,12-17,37H2,1H3/t19-,29-,30-/m1/s1. The summed E-state index contributed by atoms with van der Waals surface area (Å²) in [5, 5.41) is 21.3. The van der Waals surface area contributed by atoms with Gasteiger partial charge in [-0.05, 0) is 52.0 Å². The first-order chi connectivity index (χ1) is 23.9. The average Bonchev–Trinajstić information content (AvgIpc) is 3.81. The van der Waals surface area contributed by atoms with Gasteiger partial charge in [0.2, 0.25) is 17.8 Å². The molecular formula is C32H37F3N10O3S2. The van der Waals surface area contributed by atoms with Gasteiger partial charge in [0.1, 0.15) is 30.6 Å². The third kappa shape index (κ3) is 5.95. The number of thiophene rings is 1. The van der Waals surface area contributed by atoms with Crippen LogP contribution in [0.2, 0.25) is 0 Å². The number of hydrogen-bond donors (Lipinski definition) is 2. The molecule has 3 N–H and O–H groups in total. The maximum Gasteiger partial charge on any atom is 0.433 e. The van der Waals surface area contributed by atoms with Crippen LogP contribution in [-0.2, 0) is 16.7 Å². The molecule has 13 nitrogen and oxygen atoms in total. The molecule has 0 aliphatic carbocycles. The van der Waals surface area contributed by atoms with Crippen molar-refractivity contribution in [2.75, 3.05) is 61.5 Å². The van der Waals surface area contributed by atoms with Crippen molar-refractivity contribution in [2.45, 2.75) is 79.3 Å². The van der Waals surface area contributed by atoms with Crippen LogP contribution in [0.3, 0.4) is 0 Å². The van der Waals surface area contributed by atoms with Crippen molar-refractivity contribution in [3.05, 3.63) is 34.1 Å². The van der Waals surface area contributed by atoms with Crippen molar-refractivity contribution >= 4 is 40.0 Å². The summed E-state index contributed by atoms with van der Waals surface area (Å²) >= 11 is 3.32. The lowest BCUT2D eigenvalue weighted by atomic mass is 9.88. The van der Waals surface area contributed by atoms with Gasteiger partial charge in [-0.15, -0.1) is 23.1 Å². The molecule has 4 fully saturated rings. The van der Waals surface area contributed by atoms with Crippen LogP contribution in [0.1, 0.15) is 67.1 Å². The van der Waals surface area contributed by atoms with Gasteiger partial charge in [0.05, 0.1) is 21.5 Å². The number of ether oxygens (including phenoxy) is 2. The van der Waals surface area contributed by atoms with Crippen LogP contribution in [0.15, 0.2) is 12.4 Å². The maximum atomic E-state index is 13.2. The fourth-order valence-corrected chi connectivity index (χ4v) is 11.1. The van der Waals surface area contributed by atoms with E-state index in [2.05, 4.69) is 25.8 Å². The Labute approximate surface area is 295 Å². The van der Waals surface area contributed by atoms with E-state index in [1.54, 1.807) is 0 Å². The number of fused-ring (bicyclic) bond motifs is 3. The molecule has 0 unspecified atom stereocenters. The first-order valence-electron chi connectivity index (χ1n) is 16.7. The molecule has 8 heterocycles. The minimum absolute atomic E-state index is 0.0130. The molecule has 5 aliphatic rings. The first-order valence-corrected chi connectivity index (χ1v) is 18.5. The molecule has 1 spiro atoms. The second-order valence-corrected chi connectivity index (χ2v) is 16.7. The summed E-state index contributed by atoms with van der Waals surface area (Å²) in [5.41, 5.74) is 5.61. The molecule has 3 aromatic heterocycles. The molecule has 266 valence electrons. The molecule has 0 bridgehead atoms. The Morgan fingerprint density at radius 1 is 1.06 bits per heavy atom. The van der Waals surface area contributed by atoms with Crippen LogP contribution in [0.4, 0.5) is 30.1 Å². The van der Waals surface area contributed by atoms with E-state index in [1.807, 2.05) is 23.6 Å². The number of piperidine rings is 1. The Morgan fingerprint density at radius 2 is 1.84 bits per heavy atom. The number of β-amino-alcohol motifs (C(OH)–C–C–N with tert-alkyl or cyclic N) is 1. The number of nitrogens with two attached hydrogens (primary N) is 1. The molecule has 0 aromatic carbocycles. The molecule has 0 radical (unpaired) electrons. The number of aliphatic hydroxyl groups is 1. The second-order valence-electron chi connectivity index (χ2n) is 14.2. The predicted molar refractivity (Wildman–Crippen MR) is 180 cm³/mol. The SMILES string of the molecule is C[C@@]1(O)CCCN(c2nc(OC[C@]34CCCN3[C@@H](COc3cc(C(F)(F)F)ncn3)CC4)nc(N3CC4(C3)SCc3sc(N)c(C#N)c34)n2)C1. The van der Waals surface area contributed by atoms with Crippen molar-refractivity contribution in [1.82, 2.24) is 29.8 Å². The highest BCUT2D eigenvalue weighted by Gasteiger charge is 2.54. The van der Waals surface area contributed by atoms with Gasteiger partial charge in [-0.3, -0.25) is 4.90 Å². The number of nitriles is 1. The molecule has 8 rings (SSSR count). The summed E-state index contributed by atoms with van der Waals surface area (Å²) in [6.45, 7) is 5.48. The summed E-state index contributed by atoms with van der Waals surface area (Å²) in [5.74, 6) is 1.65. The molecule has 0 amide bonds. The number of nitrogen functional groups attached to an aromatic ring is 1. The van der Waals surface area contributed by atoms with E-state index in [0.717, 1.165) is 67.2 Å². The highest BCUT2D eigenvalue weighted by atomic mass is 32.2. The zero-order chi connectivity index (χ0) is 34.9. The lowest BCUT2D eigenvalue weighted by Crippen LogP contribution is -2.57. The molecule has 0 saturated carbocycles. The number of thioether (sulfide) groups is 1. The van der Waals surface area contributed by atoms with E-state index in [1.165, 1.54) is 11.3 Å². The fraction of sp³-hybridized carbons (Fsp3) is 0.625. The second kappa shape index (κ2) is 12.2. The van der Waals surface area contributed by atoms with Crippen molar-refractivity contribution in [3.8, 4) is 18.0 Å². The van der Waals surface area contributed by atoms with Gasteiger partial charge in [0, 0.05) is 54.5 Å². The molecule has 18 heteroatoms. The maximum absolute atomic E-state index is 13.2. The number of aromatic nitrogens is 5. The number of rotatable bonds is 8. The Kier molecular flexibility index (Phi) is 8.20. The Bertz CT molecular complexity index is 1830. The molecule has 4 saturated heterocycles. The van der Waals surface area contributed by atoms with Crippen LogP contribution in [0.25, 0.3) is 0 Å². The minimum Gasteiger partial charge on any atom is -0.476 e. The van der Waals surface area contributed by atoms with Gasteiger partial charge in [-0.1, -0.05) is 0 Å². The van der Waals surface area contributed by atoms with E-state index in [4.69, 9.17) is 30.2 Å². The molecule has 3 aromatic rings. The Morgan fingerprint density at radius 3 is 2.60 bits per heavy atom. The Hall–Kier alpha value is -3.66. The highest BCUT2D eigenvalue weighted by molar-refractivity contribution is 8.00. The predicted octanol–water partition coefficient (Wildman–Crippen LogP) is 3.96. The smallest absolute Gasteiger partial charge is 0.433 e. The van der Waals surface area contributed by atoms with Crippen LogP contribution < -0.4 is 25.0 Å². The summed E-state index contributed by atoms with van der Waals surface area (Å²) in [6.07, 6.45) is 1.25. The first kappa shape index (κ1) is 33.5. The number of alkyl halides is 3. The van der Waals surface area contributed by atoms with Crippen molar-refractivity contribution in [1.29, 1.82) is 5.26 Å². The van der Waals surface area contributed by atoms with Gasteiger partial charge >= 0.3 is 12.2 Å². The topological polar surface area (TPSA) is 163 Å². The van der Waals surface area contributed by atoms with Crippen LogP contribution in [-0.4, -0.2) is 98.0 Å². The molecular weight excluding hydrogens is 694 g/mol. The van der Waals surface area contributed by atoms with Crippen LogP contribution in [0, 0.1) is 11.3 Å². The largest absolute Gasteiger partial charge is 0.476 e. The van der Waals surface area contributed by atoms with E-state index < -0.39 is 17.5 Å². The van der Waals surface area contributed by atoms with Crippen LogP contribution >= 0.6 is 23.1 Å². The lowest BCUT2D eigenvalue weighted by Gasteiger charge is -2.48. The number of anilines is 3. The normalized spacial score (nSPS) is 27.2. The molecule has 5 aliphatic heterocycles. The zero-order valence-electron chi connectivity index (χ0n) is 27.4. The minimum atomic E-state index is -4.58. The molecule has 3 atom stereocenters. The average molecular weight is 731 g/mol. The number of nitrogens with zero attached hydrogens (tertiary/aromatic N) is 9. The van der Waals surface area contributed by atoms with E-state index in [0.29, 0.717) is 61.7 Å². The number of hydrogen-bond acceptors (Lipinski definition) is 15. The lowest BCUT2D eigenvalue weighted by molar-refractivity contribution is -0.141. The third-order valence-corrected chi connectivity index (χ3v) is 13.3. The number of halogens is 3. The monoisotopic (exact) mass is 730 g/mol. The van der Waals surface area contributed by atoms with Crippen LogP contribution in [0.5, 0.6) is 11.9 Å².